The van der Waals surface area contributed by atoms with E-state index >= 15 is 0 Å². The minimum absolute atomic E-state index is 0.0903. The number of sulfone groups is 1. The predicted molar refractivity (Wildman–Crippen MR) is 107 cm³/mol. The Kier molecular flexibility index (Phi) is 6.03. The molecule has 3 rings (SSSR count). The van der Waals surface area contributed by atoms with E-state index in [0.29, 0.717) is 11.3 Å². The van der Waals surface area contributed by atoms with Crippen molar-refractivity contribution in [2.75, 3.05) is 12.4 Å². The van der Waals surface area contributed by atoms with Crippen molar-refractivity contribution >= 4 is 32.7 Å². The minimum Gasteiger partial charge on any atom is -0.459 e. The quantitative estimate of drug-likeness (QED) is 0.594. The number of furan rings is 1. The molecule has 29 heavy (non-hydrogen) atoms. The van der Waals surface area contributed by atoms with Crippen LogP contribution in [0.25, 0.3) is 11.0 Å². The summed E-state index contributed by atoms with van der Waals surface area (Å²) in [6.07, 6.45) is 0. The molecule has 1 atom stereocenters. The van der Waals surface area contributed by atoms with Gasteiger partial charge in [-0.25, -0.2) is 13.2 Å². The van der Waals surface area contributed by atoms with Crippen molar-refractivity contribution in [3.05, 3.63) is 65.9 Å². The van der Waals surface area contributed by atoms with E-state index in [0.717, 1.165) is 5.39 Å². The van der Waals surface area contributed by atoms with E-state index in [1.165, 1.54) is 31.2 Å². The number of esters is 1. The highest BCUT2D eigenvalue weighted by Crippen LogP contribution is 2.23. The number of para-hydroxylation sites is 1. The Morgan fingerprint density at radius 3 is 2.52 bits per heavy atom. The summed E-state index contributed by atoms with van der Waals surface area (Å²) in [5.41, 5.74) is 0.622. The first-order chi connectivity index (χ1) is 13.8. The van der Waals surface area contributed by atoms with Crippen LogP contribution in [0.2, 0.25) is 0 Å². The highest BCUT2D eigenvalue weighted by Gasteiger charge is 2.22. The van der Waals surface area contributed by atoms with Gasteiger partial charge in [-0.05, 0) is 31.2 Å². The van der Waals surface area contributed by atoms with Gasteiger partial charge in [0.1, 0.15) is 11.3 Å². The second-order valence-corrected chi connectivity index (χ2v) is 8.70. The molecule has 7 nitrogen and oxygen atoms in total. The van der Waals surface area contributed by atoms with E-state index in [1.807, 2.05) is 30.3 Å². The SMILES string of the molecule is CCS(=O)(=O)c1ccccc1C(=O)OCC(=O)N[C@@H](C)c1cc2ccccc2o1. The van der Waals surface area contributed by atoms with Gasteiger partial charge in [-0.3, -0.25) is 4.79 Å². The van der Waals surface area contributed by atoms with Gasteiger partial charge in [-0.2, -0.15) is 0 Å². The summed E-state index contributed by atoms with van der Waals surface area (Å²) >= 11 is 0. The normalized spacial score (nSPS) is 12.5. The van der Waals surface area contributed by atoms with Gasteiger partial charge in [0.15, 0.2) is 16.4 Å². The number of ether oxygens (including phenoxy) is 1. The summed E-state index contributed by atoms with van der Waals surface area (Å²) in [4.78, 5) is 24.4. The lowest BCUT2D eigenvalue weighted by Gasteiger charge is -2.12. The molecule has 0 radical (unpaired) electrons. The van der Waals surface area contributed by atoms with Crippen LogP contribution in [-0.4, -0.2) is 32.7 Å². The van der Waals surface area contributed by atoms with Gasteiger partial charge in [0, 0.05) is 5.39 Å². The molecule has 0 spiro atoms. The zero-order valence-corrected chi connectivity index (χ0v) is 16.9. The average molecular weight is 415 g/mol. The largest absolute Gasteiger partial charge is 0.459 e. The van der Waals surface area contributed by atoms with Crippen molar-refractivity contribution in [1.29, 1.82) is 0 Å². The molecular formula is C21H21NO6S. The molecule has 3 aromatic rings. The second kappa shape index (κ2) is 8.48. The third-order valence-corrected chi connectivity index (χ3v) is 6.19. The van der Waals surface area contributed by atoms with Crippen LogP contribution in [0.15, 0.2) is 63.9 Å². The summed E-state index contributed by atoms with van der Waals surface area (Å²) in [5.74, 6) is -0.969. The molecule has 0 unspecified atom stereocenters. The lowest BCUT2D eigenvalue weighted by atomic mass is 10.2. The maximum atomic E-state index is 12.3. The van der Waals surface area contributed by atoms with Crippen LogP contribution < -0.4 is 5.32 Å². The number of carbonyl (C=O) groups is 2. The number of hydrogen-bond donors (Lipinski definition) is 1. The third-order valence-electron chi connectivity index (χ3n) is 4.41. The first kappa shape index (κ1) is 20.6. The van der Waals surface area contributed by atoms with Gasteiger partial charge < -0.3 is 14.5 Å². The number of nitrogens with one attached hydrogen (secondary N) is 1. The highest BCUT2D eigenvalue weighted by atomic mass is 32.2. The Morgan fingerprint density at radius 1 is 1.10 bits per heavy atom. The average Bonchev–Trinajstić information content (AvgIpc) is 3.16. The fourth-order valence-electron chi connectivity index (χ4n) is 2.84. The Bertz CT molecular complexity index is 1120. The second-order valence-electron chi connectivity index (χ2n) is 6.45. The van der Waals surface area contributed by atoms with Crippen LogP contribution in [0.5, 0.6) is 0 Å². The van der Waals surface area contributed by atoms with Crippen LogP contribution in [0.4, 0.5) is 0 Å². The van der Waals surface area contributed by atoms with E-state index in [-0.39, 0.29) is 16.2 Å². The minimum atomic E-state index is -3.59. The number of carbonyl (C=O) groups excluding carboxylic acids is 2. The van der Waals surface area contributed by atoms with Gasteiger partial charge in [0.2, 0.25) is 0 Å². The Morgan fingerprint density at radius 2 is 1.79 bits per heavy atom. The lowest BCUT2D eigenvalue weighted by molar-refractivity contribution is -0.125. The zero-order chi connectivity index (χ0) is 21.0. The predicted octanol–water partition coefficient (Wildman–Crippen LogP) is 3.26. The van der Waals surface area contributed by atoms with Gasteiger partial charge in [0.05, 0.1) is 22.3 Å². The number of amides is 1. The van der Waals surface area contributed by atoms with Crippen LogP contribution in [0.1, 0.15) is 36.0 Å². The Hall–Kier alpha value is -3.13. The van der Waals surface area contributed by atoms with Crippen molar-refractivity contribution in [1.82, 2.24) is 5.32 Å². The van der Waals surface area contributed by atoms with Crippen LogP contribution in [0.3, 0.4) is 0 Å². The number of rotatable bonds is 7. The smallest absolute Gasteiger partial charge is 0.339 e. The molecule has 8 heteroatoms. The fraction of sp³-hybridized carbons (Fsp3) is 0.238. The molecule has 0 aliphatic heterocycles. The van der Waals surface area contributed by atoms with Crippen LogP contribution in [-0.2, 0) is 19.4 Å². The molecule has 0 saturated heterocycles. The number of benzene rings is 2. The molecule has 152 valence electrons. The topological polar surface area (TPSA) is 103 Å². The van der Waals surface area contributed by atoms with Crippen molar-refractivity contribution in [3.8, 4) is 0 Å². The first-order valence-corrected chi connectivity index (χ1v) is 10.7. The van der Waals surface area contributed by atoms with Gasteiger partial charge in [-0.15, -0.1) is 0 Å². The van der Waals surface area contributed by atoms with Crippen molar-refractivity contribution < 1.29 is 27.2 Å². The van der Waals surface area contributed by atoms with Gasteiger partial charge >= 0.3 is 5.97 Å². The standard InChI is InChI=1S/C21H21NO6S/c1-3-29(25,26)19-11-7-5-9-16(19)21(24)27-13-20(23)22-14(2)18-12-15-8-4-6-10-17(15)28-18/h4-12,14H,3,13H2,1-2H3,(H,22,23)/t14-/m0/s1. The van der Waals surface area contributed by atoms with Crippen molar-refractivity contribution in [2.45, 2.75) is 24.8 Å². The molecule has 0 aliphatic carbocycles. The van der Waals surface area contributed by atoms with E-state index in [1.54, 1.807) is 6.92 Å². The third kappa shape index (κ3) is 4.65. The molecule has 1 N–H and O–H groups in total. The summed E-state index contributed by atoms with van der Waals surface area (Å²) in [5, 5.41) is 3.61. The van der Waals surface area contributed by atoms with Gasteiger partial charge in [0.25, 0.3) is 5.91 Å². The van der Waals surface area contributed by atoms with Crippen molar-refractivity contribution in [3.63, 3.8) is 0 Å². The molecular weight excluding hydrogens is 394 g/mol. The fourth-order valence-corrected chi connectivity index (χ4v) is 3.92. The molecule has 0 bridgehead atoms. The molecule has 0 fully saturated rings. The number of hydrogen-bond acceptors (Lipinski definition) is 6. The Labute approximate surface area is 168 Å². The van der Waals surface area contributed by atoms with E-state index in [4.69, 9.17) is 9.15 Å². The van der Waals surface area contributed by atoms with Crippen LogP contribution >= 0.6 is 0 Å². The summed E-state index contributed by atoms with van der Waals surface area (Å²) in [7, 11) is -3.59. The summed E-state index contributed by atoms with van der Waals surface area (Å²) < 4.78 is 35.0. The van der Waals surface area contributed by atoms with E-state index in [9.17, 15) is 18.0 Å². The van der Waals surface area contributed by atoms with E-state index < -0.39 is 34.4 Å². The molecule has 1 aromatic heterocycles. The molecule has 0 saturated carbocycles. The van der Waals surface area contributed by atoms with E-state index in [2.05, 4.69) is 5.32 Å². The molecule has 1 amide bonds. The molecule has 1 heterocycles. The summed E-state index contributed by atoms with van der Waals surface area (Å²) in [6, 6.07) is 14.7. The Balaban J connectivity index is 1.63. The molecule has 0 aliphatic rings. The number of fused-ring (bicyclic) bond motifs is 1. The monoisotopic (exact) mass is 415 g/mol. The lowest BCUT2D eigenvalue weighted by Crippen LogP contribution is -2.31. The van der Waals surface area contributed by atoms with Gasteiger partial charge in [-0.1, -0.05) is 37.3 Å². The maximum Gasteiger partial charge on any atom is 0.339 e. The van der Waals surface area contributed by atoms with Crippen molar-refractivity contribution in [2.24, 2.45) is 0 Å². The molecule has 2 aromatic carbocycles. The first-order valence-electron chi connectivity index (χ1n) is 9.08. The summed E-state index contributed by atoms with van der Waals surface area (Å²) in [6.45, 7) is 2.70. The van der Waals surface area contributed by atoms with Crippen LogP contribution in [0, 0.1) is 0 Å². The zero-order valence-electron chi connectivity index (χ0n) is 16.0. The highest BCUT2D eigenvalue weighted by molar-refractivity contribution is 7.91. The maximum absolute atomic E-state index is 12.3.